The zero-order chi connectivity index (χ0) is 22.4. The molecule has 1 fully saturated rings. The third-order valence-corrected chi connectivity index (χ3v) is 6.67. The zero-order valence-electron chi connectivity index (χ0n) is 17.9. The van der Waals surface area contributed by atoms with Gasteiger partial charge in [-0.15, -0.1) is 0 Å². The van der Waals surface area contributed by atoms with Gasteiger partial charge in [0.15, 0.2) is 0 Å². The lowest BCUT2D eigenvalue weighted by molar-refractivity contribution is -0.126. The van der Waals surface area contributed by atoms with Crippen LogP contribution in [-0.2, 0) is 14.8 Å². The van der Waals surface area contributed by atoms with Crippen molar-refractivity contribution in [2.75, 3.05) is 24.4 Å². The standard InChI is InChI=1S/C23H29N3O4S/c1-17(2)16-24-22(27)18-12-14-26(15-13-18)23(28)19-8-10-20(11-9-19)25-31(29,30)21-6-4-3-5-7-21/h3-11,17-18,25H,12-16H2,1-2H3,(H,24,27). The predicted octanol–water partition coefficient (Wildman–Crippen LogP) is 3.11. The first-order chi connectivity index (χ1) is 14.8. The molecule has 0 aromatic heterocycles. The van der Waals surface area contributed by atoms with Crippen LogP contribution in [0.3, 0.4) is 0 Å². The predicted molar refractivity (Wildman–Crippen MR) is 120 cm³/mol. The molecule has 0 spiro atoms. The molecule has 2 aromatic carbocycles. The summed E-state index contributed by atoms with van der Waals surface area (Å²) in [4.78, 5) is 27.0. The molecule has 2 amide bonds. The Bertz CT molecular complexity index is 997. The molecule has 8 heteroatoms. The van der Waals surface area contributed by atoms with Crippen molar-refractivity contribution in [1.29, 1.82) is 0 Å². The fraction of sp³-hybridized carbons (Fsp3) is 0.391. The maximum atomic E-state index is 12.8. The van der Waals surface area contributed by atoms with E-state index in [1.807, 2.05) is 0 Å². The van der Waals surface area contributed by atoms with Crippen LogP contribution >= 0.6 is 0 Å². The largest absolute Gasteiger partial charge is 0.356 e. The van der Waals surface area contributed by atoms with Crippen molar-refractivity contribution in [2.24, 2.45) is 11.8 Å². The van der Waals surface area contributed by atoms with E-state index < -0.39 is 10.0 Å². The summed E-state index contributed by atoms with van der Waals surface area (Å²) in [6.45, 7) is 5.83. The summed E-state index contributed by atoms with van der Waals surface area (Å²) in [5, 5.41) is 2.97. The summed E-state index contributed by atoms with van der Waals surface area (Å²) in [6, 6.07) is 14.5. The van der Waals surface area contributed by atoms with E-state index in [4.69, 9.17) is 0 Å². The topological polar surface area (TPSA) is 95.6 Å². The highest BCUT2D eigenvalue weighted by Crippen LogP contribution is 2.21. The summed E-state index contributed by atoms with van der Waals surface area (Å²) >= 11 is 0. The lowest BCUT2D eigenvalue weighted by atomic mass is 9.95. The van der Waals surface area contributed by atoms with E-state index in [0.29, 0.717) is 49.6 Å². The summed E-state index contributed by atoms with van der Waals surface area (Å²) < 4.78 is 27.4. The van der Waals surface area contributed by atoms with Crippen molar-refractivity contribution in [3.8, 4) is 0 Å². The molecule has 7 nitrogen and oxygen atoms in total. The fourth-order valence-corrected chi connectivity index (χ4v) is 4.55. The molecule has 1 aliphatic heterocycles. The number of carbonyl (C=O) groups is 2. The molecule has 0 saturated carbocycles. The number of likely N-dealkylation sites (tertiary alicyclic amines) is 1. The number of amides is 2. The lowest BCUT2D eigenvalue weighted by Gasteiger charge is -2.31. The highest BCUT2D eigenvalue weighted by Gasteiger charge is 2.27. The van der Waals surface area contributed by atoms with E-state index in [1.165, 1.54) is 12.1 Å². The molecular formula is C23H29N3O4S. The Labute approximate surface area is 183 Å². The third kappa shape index (κ3) is 6.07. The summed E-state index contributed by atoms with van der Waals surface area (Å²) in [6.07, 6.45) is 1.29. The van der Waals surface area contributed by atoms with Gasteiger partial charge < -0.3 is 10.2 Å². The normalized spacial score (nSPS) is 15.0. The first-order valence-electron chi connectivity index (χ1n) is 10.5. The minimum Gasteiger partial charge on any atom is -0.356 e. The van der Waals surface area contributed by atoms with Gasteiger partial charge in [0, 0.05) is 36.8 Å². The van der Waals surface area contributed by atoms with Crippen LogP contribution in [0.2, 0.25) is 0 Å². The first kappa shape index (κ1) is 22.8. The summed E-state index contributed by atoms with van der Waals surface area (Å²) in [5.41, 5.74) is 0.881. The van der Waals surface area contributed by atoms with Crippen molar-refractivity contribution in [3.05, 3.63) is 60.2 Å². The van der Waals surface area contributed by atoms with Gasteiger partial charge in [-0.1, -0.05) is 32.0 Å². The molecule has 31 heavy (non-hydrogen) atoms. The van der Waals surface area contributed by atoms with Crippen LogP contribution in [0.4, 0.5) is 5.69 Å². The number of nitrogens with one attached hydrogen (secondary N) is 2. The van der Waals surface area contributed by atoms with Crippen molar-refractivity contribution in [3.63, 3.8) is 0 Å². The van der Waals surface area contributed by atoms with Gasteiger partial charge in [0.1, 0.15) is 0 Å². The molecule has 1 heterocycles. The molecule has 0 atom stereocenters. The van der Waals surface area contributed by atoms with E-state index in [0.717, 1.165) is 0 Å². The number of sulfonamides is 1. The van der Waals surface area contributed by atoms with Crippen LogP contribution < -0.4 is 10.0 Å². The van der Waals surface area contributed by atoms with Gasteiger partial charge in [-0.05, 0) is 55.2 Å². The molecule has 2 N–H and O–H groups in total. The summed E-state index contributed by atoms with van der Waals surface area (Å²) in [5.74, 6) is 0.303. The van der Waals surface area contributed by atoms with Crippen LogP contribution in [0.25, 0.3) is 0 Å². The first-order valence-corrected chi connectivity index (χ1v) is 12.0. The molecule has 0 bridgehead atoms. The Morgan fingerprint density at radius 3 is 2.19 bits per heavy atom. The van der Waals surface area contributed by atoms with E-state index in [2.05, 4.69) is 23.9 Å². The van der Waals surface area contributed by atoms with Crippen LogP contribution in [0.5, 0.6) is 0 Å². The number of piperidine rings is 1. The van der Waals surface area contributed by atoms with E-state index in [9.17, 15) is 18.0 Å². The maximum absolute atomic E-state index is 12.8. The quantitative estimate of drug-likeness (QED) is 0.687. The van der Waals surface area contributed by atoms with Crippen molar-refractivity contribution >= 4 is 27.5 Å². The van der Waals surface area contributed by atoms with Gasteiger partial charge in [-0.25, -0.2) is 8.42 Å². The minimum absolute atomic E-state index is 0.0578. The highest BCUT2D eigenvalue weighted by atomic mass is 32.2. The molecule has 1 aliphatic rings. The highest BCUT2D eigenvalue weighted by molar-refractivity contribution is 7.92. The number of benzene rings is 2. The second-order valence-electron chi connectivity index (χ2n) is 8.20. The Hall–Kier alpha value is -2.87. The monoisotopic (exact) mass is 443 g/mol. The smallest absolute Gasteiger partial charge is 0.261 e. The van der Waals surface area contributed by atoms with Gasteiger partial charge >= 0.3 is 0 Å². The van der Waals surface area contributed by atoms with Crippen molar-refractivity contribution in [2.45, 2.75) is 31.6 Å². The molecule has 1 saturated heterocycles. The Balaban J connectivity index is 1.56. The number of rotatable bonds is 7. The van der Waals surface area contributed by atoms with Crippen LogP contribution in [0.15, 0.2) is 59.5 Å². The number of hydrogen-bond donors (Lipinski definition) is 2. The van der Waals surface area contributed by atoms with Gasteiger partial charge in [0.05, 0.1) is 4.90 Å². The third-order valence-electron chi connectivity index (χ3n) is 5.28. The molecular weight excluding hydrogens is 414 g/mol. The second kappa shape index (κ2) is 9.96. The fourth-order valence-electron chi connectivity index (χ4n) is 3.47. The molecule has 0 aliphatic carbocycles. The molecule has 0 unspecified atom stereocenters. The van der Waals surface area contributed by atoms with Gasteiger partial charge in [-0.2, -0.15) is 0 Å². The lowest BCUT2D eigenvalue weighted by Crippen LogP contribution is -2.43. The van der Waals surface area contributed by atoms with Crippen LogP contribution in [-0.4, -0.2) is 44.8 Å². The molecule has 0 radical (unpaired) electrons. The van der Waals surface area contributed by atoms with Crippen LogP contribution in [0.1, 0.15) is 37.0 Å². The summed E-state index contributed by atoms with van der Waals surface area (Å²) in [7, 11) is -3.67. The SMILES string of the molecule is CC(C)CNC(=O)C1CCN(C(=O)c2ccc(NS(=O)(=O)c3ccccc3)cc2)CC1. The average molecular weight is 444 g/mol. The van der Waals surface area contributed by atoms with E-state index >= 15 is 0 Å². The maximum Gasteiger partial charge on any atom is 0.261 e. The van der Waals surface area contributed by atoms with Gasteiger partial charge in [0.2, 0.25) is 5.91 Å². The zero-order valence-corrected chi connectivity index (χ0v) is 18.7. The second-order valence-corrected chi connectivity index (χ2v) is 9.88. The number of hydrogen-bond acceptors (Lipinski definition) is 4. The van der Waals surface area contributed by atoms with E-state index in [1.54, 1.807) is 47.4 Å². The Morgan fingerprint density at radius 1 is 1.00 bits per heavy atom. The van der Waals surface area contributed by atoms with Crippen LogP contribution in [0, 0.1) is 11.8 Å². The van der Waals surface area contributed by atoms with E-state index in [-0.39, 0.29) is 22.6 Å². The number of carbonyl (C=O) groups excluding carboxylic acids is 2. The Kier molecular flexibility index (Phi) is 7.33. The molecule has 166 valence electrons. The average Bonchev–Trinajstić information content (AvgIpc) is 2.78. The minimum atomic E-state index is -3.67. The molecule has 3 rings (SSSR count). The number of nitrogens with zero attached hydrogens (tertiary/aromatic N) is 1. The van der Waals surface area contributed by atoms with Gasteiger partial charge in [0.25, 0.3) is 15.9 Å². The Morgan fingerprint density at radius 2 is 1.61 bits per heavy atom. The van der Waals surface area contributed by atoms with Crippen molar-refractivity contribution < 1.29 is 18.0 Å². The van der Waals surface area contributed by atoms with Crippen molar-refractivity contribution in [1.82, 2.24) is 10.2 Å². The van der Waals surface area contributed by atoms with Gasteiger partial charge in [-0.3, -0.25) is 14.3 Å². The molecule has 2 aromatic rings. The number of anilines is 1.